The molecular weight excluding hydrogens is 225 g/mol. The molecule has 17 heavy (non-hydrogen) atoms. The summed E-state index contributed by atoms with van der Waals surface area (Å²) in [6, 6.07) is 7.21. The van der Waals surface area contributed by atoms with Crippen LogP contribution in [0.3, 0.4) is 0 Å². The number of nitrogens with one attached hydrogen (secondary N) is 1. The minimum absolute atomic E-state index is 0.0715. The minimum Gasteiger partial charge on any atom is -0.494 e. The first-order chi connectivity index (χ1) is 8.20. The minimum atomic E-state index is -0.483. The largest absolute Gasteiger partial charge is 0.494 e. The van der Waals surface area contributed by atoms with Crippen LogP contribution in [0.1, 0.15) is 10.6 Å². The molecule has 0 saturated carbocycles. The van der Waals surface area contributed by atoms with E-state index in [4.69, 9.17) is 9.15 Å². The van der Waals surface area contributed by atoms with Crippen LogP contribution in [0.5, 0.6) is 5.75 Å². The van der Waals surface area contributed by atoms with Crippen LogP contribution in [-0.4, -0.2) is 13.0 Å². The predicted octanol–water partition coefficient (Wildman–Crippen LogP) is 2.68. The summed E-state index contributed by atoms with van der Waals surface area (Å²) in [5.41, 5.74) is 0.435. The van der Waals surface area contributed by atoms with Gasteiger partial charge in [0.05, 0.1) is 13.4 Å². The summed E-state index contributed by atoms with van der Waals surface area (Å²) in [6.45, 7) is 0. The van der Waals surface area contributed by atoms with Crippen molar-refractivity contribution in [2.75, 3.05) is 12.4 Å². The Balaban J connectivity index is 2.16. The van der Waals surface area contributed by atoms with Gasteiger partial charge in [-0.3, -0.25) is 4.79 Å². The lowest BCUT2D eigenvalue weighted by molar-refractivity contribution is 0.0996. The molecule has 1 aromatic carbocycles. The molecule has 0 aliphatic carbocycles. The molecule has 88 valence electrons. The van der Waals surface area contributed by atoms with Crippen molar-refractivity contribution in [3.05, 3.63) is 48.2 Å². The van der Waals surface area contributed by atoms with Crippen molar-refractivity contribution in [1.82, 2.24) is 0 Å². The third-order valence-corrected chi connectivity index (χ3v) is 2.15. The van der Waals surface area contributed by atoms with E-state index in [0.717, 1.165) is 0 Å². The molecule has 0 aliphatic heterocycles. The van der Waals surface area contributed by atoms with E-state index in [1.165, 1.54) is 37.6 Å². The van der Waals surface area contributed by atoms with Crippen LogP contribution in [0.15, 0.2) is 41.0 Å². The van der Waals surface area contributed by atoms with Crippen molar-refractivity contribution in [2.24, 2.45) is 0 Å². The molecular formula is C12H10FNO3. The van der Waals surface area contributed by atoms with Gasteiger partial charge in [-0.15, -0.1) is 0 Å². The fraction of sp³-hybridized carbons (Fsp3) is 0.0833. The average molecular weight is 235 g/mol. The molecule has 4 nitrogen and oxygen atoms in total. The van der Waals surface area contributed by atoms with Gasteiger partial charge in [-0.05, 0) is 24.3 Å². The number of anilines is 1. The Kier molecular flexibility index (Phi) is 3.09. The predicted molar refractivity (Wildman–Crippen MR) is 59.6 cm³/mol. The van der Waals surface area contributed by atoms with Crippen LogP contribution in [0.2, 0.25) is 0 Å². The summed E-state index contributed by atoms with van der Waals surface area (Å²) in [5.74, 6) is -0.623. The molecule has 0 unspecified atom stereocenters. The number of amides is 1. The van der Waals surface area contributed by atoms with E-state index in [1.807, 2.05) is 0 Å². The van der Waals surface area contributed by atoms with Crippen LogP contribution in [-0.2, 0) is 0 Å². The van der Waals surface area contributed by atoms with Crippen molar-refractivity contribution in [1.29, 1.82) is 0 Å². The number of hydrogen-bond donors (Lipinski definition) is 1. The SMILES string of the molecule is COc1cc(NC(=O)c2ccco2)ccc1F. The molecule has 0 aliphatic rings. The third-order valence-electron chi connectivity index (χ3n) is 2.15. The molecule has 0 saturated heterocycles. The van der Waals surface area contributed by atoms with E-state index in [0.29, 0.717) is 5.69 Å². The normalized spacial score (nSPS) is 10.0. The number of halogens is 1. The van der Waals surface area contributed by atoms with E-state index in [-0.39, 0.29) is 11.5 Å². The molecule has 1 heterocycles. The number of methoxy groups -OCH3 is 1. The molecule has 2 aromatic rings. The maximum atomic E-state index is 13.1. The zero-order valence-corrected chi connectivity index (χ0v) is 9.07. The summed E-state index contributed by atoms with van der Waals surface area (Å²) in [6.07, 6.45) is 1.40. The van der Waals surface area contributed by atoms with Crippen molar-refractivity contribution in [3.8, 4) is 5.75 Å². The van der Waals surface area contributed by atoms with E-state index in [2.05, 4.69) is 5.32 Å². The van der Waals surface area contributed by atoms with Gasteiger partial charge in [0.2, 0.25) is 0 Å². The number of hydrogen-bond acceptors (Lipinski definition) is 3. The topological polar surface area (TPSA) is 51.5 Å². The smallest absolute Gasteiger partial charge is 0.291 e. The molecule has 5 heteroatoms. The van der Waals surface area contributed by atoms with Gasteiger partial charge < -0.3 is 14.5 Å². The van der Waals surface area contributed by atoms with Gasteiger partial charge in [0, 0.05) is 11.8 Å². The molecule has 0 bridgehead atoms. The molecule has 0 atom stereocenters. The fourth-order valence-electron chi connectivity index (χ4n) is 1.34. The molecule has 2 rings (SSSR count). The maximum Gasteiger partial charge on any atom is 0.291 e. The second-order valence-corrected chi connectivity index (χ2v) is 3.28. The molecule has 0 fully saturated rings. The highest BCUT2D eigenvalue weighted by atomic mass is 19.1. The number of carbonyl (C=O) groups excluding carboxylic acids is 1. The van der Waals surface area contributed by atoms with Gasteiger partial charge >= 0.3 is 0 Å². The quantitative estimate of drug-likeness (QED) is 0.889. The summed E-state index contributed by atoms with van der Waals surface area (Å²) in [5, 5.41) is 2.57. The van der Waals surface area contributed by atoms with Crippen LogP contribution >= 0.6 is 0 Å². The van der Waals surface area contributed by atoms with Crippen molar-refractivity contribution in [3.63, 3.8) is 0 Å². The van der Waals surface area contributed by atoms with E-state index < -0.39 is 11.7 Å². The standard InChI is InChI=1S/C12H10FNO3/c1-16-11-7-8(4-5-9(11)13)14-12(15)10-3-2-6-17-10/h2-7H,1H3,(H,14,15). The lowest BCUT2D eigenvalue weighted by Crippen LogP contribution is -2.10. The lowest BCUT2D eigenvalue weighted by Gasteiger charge is -2.06. The highest BCUT2D eigenvalue weighted by Crippen LogP contribution is 2.21. The lowest BCUT2D eigenvalue weighted by atomic mass is 10.3. The Labute approximate surface area is 97.0 Å². The first kappa shape index (κ1) is 11.2. The summed E-state index contributed by atoms with van der Waals surface area (Å²) in [7, 11) is 1.36. The van der Waals surface area contributed by atoms with Gasteiger partial charge in [0.1, 0.15) is 0 Å². The summed E-state index contributed by atoms with van der Waals surface area (Å²) in [4.78, 5) is 11.6. The maximum absolute atomic E-state index is 13.1. The Morgan fingerprint density at radius 2 is 2.24 bits per heavy atom. The number of rotatable bonds is 3. The summed E-state index contributed by atoms with van der Waals surface area (Å²) < 4.78 is 22.9. The number of benzene rings is 1. The van der Waals surface area contributed by atoms with Crippen molar-refractivity contribution in [2.45, 2.75) is 0 Å². The number of ether oxygens (including phenoxy) is 1. The Hall–Kier alpha value is -2.30. The molecule has 1 aromatic heterocycles. The average Bonchev–Trinajstić information content (AvgIpc) is 2.85. The Morgan fingerprint density at radius 1 is 1.41 bits per heavy atom. The van der Waals surface area contributed by atoms with Crippen LogP contribution in [0.4, 0.5) is 10.1 Å². The third kappa shape index (κ3) is 2.44. The molecule has 0 radical (unpaired) electrons. The van der Waals surface area contributed by atoms with Gasteiger partial charge in [-0.1, -0.05) is 0 Å². The highest BCUT2D eigenvalue weighted by molar-refractivity contribution is 6.02. The van der Waals surface area contributed by atoms with Gasteiger partial charge in [-0.2, -0.15) is 0 Å². The molecule has 0 spiro atoms. The van der Waals surface area contributed by atoms with Gasteiger partial charge in [-0.25, -0.2) is 4.39 Å². The Bertz CT molecular complexity index is 523. The fourth-order valence-corrected chi connectivity index (χ4v) is 1.34. The molecule has 1 N–H and O–H groups in total. The Morgan fingerprint density at radius 3 is 2.88 bits per heavy atom. The second-order valence-electron chi connectivity index (χ2n) is 3.28. The monoisotopic (exact) mass is 235 g/mol. The van der Waals surface area contributed by atoms with Crippen molar-refractivity contribution >= 4 is 11.6 Å². The van der Waals surface area contributed by atoms with Gasteiger partial charge in [0.15, 0.2) is 17.3 Å². The van der Waals surface area contributed by atoms with E-state index in [1.54, 1.807) is 6.07 Å². The molecule has 1 amide bonds. The second kappa shape index (κ2) is 4.69. The van der Waals surface area contributed by atoms with E-state index in [9.17, 15) is 9.18 Å². The van der Waals surface area contributed by atoms with Crippen molar-refractivity contribution < 1.29 is 18.3 Å². The number of carbonyl (C=O) groups is 1. The first-order valence-corrected chi connectivity index (χ1v) is 4.89. The number of furan rings is 1. The first-order valence-electron chi connectivity index (χ1n) is 4.89. The van der Waals surface area contributed by atoms with Crippen LogP contribution in [0, 0.1) is 5.82 Å². The zero-order valence-electron chi connectivity index (χ0n) is 9.07. The summed E-state index contributed by atoms with van der Waals surface area (Å²) >= 11 is 0. The highest BCUT2D eigenvalue weighted by Gasteiger charge is 2.10. The van der Waals surface area contributed by atoms with Crippen LogP contribution < -0.4 is 10.1 Å². The van der Waals surface area contributed by atoms with Crippen LogP contribution in [0.25, 0.3) is 0 Å². The zero-order chi connectivity index (χ0) is 12.3. The van der Waals surface area contributed by atoms with E-state index >= 15 is 0 Å². The van der Waals surface area contributed by atoms with Gasteiger partial charge in [0.25, 0.3) is 5.91 Å².